The van der Waals surface area contributed by atoms with Crippen molar-refractivity contribution in [2.24, 2.45) is 0 Å². The Kier molecular flexibility index (Phi) is 4.23. The van der Waals surface area contributed by atoms with Crippen LogP contribution in [0.5, 0.6) is 0 Å². The number of carbonyl (C=O) groups is 2. The molecule has 8 nitrogen and oxygen atoms in total. The van der Waals surface area contributed by atoms with Crippen molar-refractivity contribution < 1.29 is 9.59 Å². The molecular formula is C19H19N5O3. The fourth-order valence-corrected chi connectivity index (χ4v) is 3.02. The van der Waals surface area contributed by atoms with Gasteiger partial charge in [-0.25, -0.2) is 0 Å². The van der Waals surface area contributed by atoms with Crippen molar-refractivity contribution >= 4 is 22.7 Å². The summed E-state index contributed by atoms with van der Waals surface area (Å²) in [6.45, 7) is 0.215. The standard InChI is InChI=1S/C19H19N5O3/c1-20-18(26)15-7-13(17(25)22-14-5-6-14)10-24(19(15)27)9-12-4-2-3-11-8-21-23-16(11)12/h2-4,7-8,10,14H,5-6,9H2,1H3,(H,20,26)(H,21,23)(H,22,25). The molecule has 0 bridgehead atoms. The summed E-state index contributed by atoms with van der Waals surface area (Å²) in [4.78, 5) is 37.4. The van der Waals surface area contributed by atoms with Crippen molar-refractivity contribution in [2.75, 3.05) is 7.05 Å². The van der Waals surface area contributed by atoms with Crippen molar-refractivity contribution in [2.45, 2.75) is 25.4 Å². The van der Waals surface area contributed by atoms with E-state index in [-0.39, 0.29) is 29.6 Å². The molecule has 0 saturated heterocycles. The minimum Gasteiger partial charge on any atom is -0.355 e. The van der Waals surface area contributed by atoms with E-state index in [9.17, 15) is 14.4 Å². The number of fused-ring (bicyclic) bond motifs is 1. The molecule has 2 aromatic heterocycles. The largest absolute Gasteiger partial charge is 0.355 e. The first kappa shape index (κ1) is 17.0. The summed E-state index contributed by atoms with van der Waals surface area (Å²) in [5.41, 5.74) is 1.44. The number of aromatic amines is 1. The van der Waals surface area contributed by atoms with Gasteiger partial charge in [-0.15, -0.1) is 0 Å². The number of amides is 2. The Hall–Kier alpha value is -3.42. The van der Waals surface area contributed by atoms with Crippen molar-refractivity contribution in [1.82, 2.24) is 25.4 Å². The highest BCUT2D eigenvalue weighted by Crippen LogP contribution is 2.20. The van der Waals surface area contributed by atoms with Crippen molar-refractivity contribution in [3.63, 3.8) is 0 Å². The van der Waals surface area contributed by atoms with Crippen LogP contribution in [0.15, 0.2) is 41.5 Å². The fraction of sp³-hybridized carbons (Fsp3) is 0.263. The summed E-state index contributed by atoms with van der Waals surface area (Å²) in [5, 5.41) is 13.2. The second-order valence-corrected chi connectivity index (χ2v) is 6.65. The highest BCUT2D eigenvalue weighted by atomic mass is 16.2. The van der Waals surface area contributed by atoms with Gasteiger partial charge in [0.05, 0.1) is 23.8 Å². The van der Waals surface area contributed by atoms with Crippen LogP contribution in [0.4, 0.5) is 0 Å². The predicted octanol–water partition coefficient (Wildman–Crippen LogP) is 1.02. The number of nitrogens with zero attached hydrogens (tertiary/aromatic N) is 2. The lowest BCUT2D eigenvalue weighted by molar-refractivity contribution is 0.0950. The Morgan fingerprint density at radius 3 is 2.85 bits per heavy atom. The molecule has 27 heavy (non-hydrogen) atoms. The van der Waals surface area contributed by atoms with E-state index in [2.05, 4.69) is 20.8 Å². The molecule has 3 aromatic rings. The van der Waals surface area contributed by atoms with Crippen LogP contribution in [0.3, 0.4) is 0 Å². The van der Waals surface area contributed by atoms with Crippen molar-refractivity contribution in [3.05, 3.63) is 63.7 Å². The van der Waals surface area contributed by atoms with E-state index in [0.29, 0.717) is 0 Å². The molecule has 1 fully saturated rings. The van der Waals surface area contributed by atoms with E-state index in [0.717, 1.165) is 29.3 Å². The molecule has 0 aliphatic heterocycles. The quantitative estimate of drug-likeness (QED) is 0.627. The summed E-state index contributed by atoms with van der Waals surface area (Å²) in [6, 6.07) is 7.21. The van der Waals surface area contributed by atoms with Gasteiger partial charge >= 0.3 is 0 Å². The van der Waals surface area contributed by atoms with Gasteiger partial charge in [0.2, 0.25) is 0 Å². The lowest BCUT2D eigenvalue weighted by atomic mass is 10.1. The number of rotatable bonds is 5. The number of aromatic nitrogens is 3. The minimum absolute atomic E-state index is 0.0577. The highest BCUT2D eigenvalue weighted by molar-refractivity contribution is 5.99. The maximum Gasteiger partial charge on any atom is 0.263 e. The molecule has 1 aliphatic carbocycles. The third-order valence-electron chi connectivity index (χ3n) is 4.64. The van der Waals surface area contributed by atoms with Gasteiger partial charge in [0.25, 0.3) is 17.4 Å². The third kappa shape index (κ3) is 3.33. The minimum atomic E-state index is -0.519. The van der Waals surface area contributed by atoms with Crippen LogP contribution in [0, 0.1) is 0 Å². The third-order valence-corrected chi connectivity index (χ3v) is 4.64. The Morgan fingerprint density at radius 2 is 2.11 bits per heavy atom. The van der Waals surface area contributed by atoms with Gasteiger partial charge < -0.3 is 15.2 Å². The van der Waals surface area contributed by atoms with Crippen LogP contribution in [0.2, 0.25) is 0 Å². The molecule has 3 N–H and O–H groups in total. The van der Waals surface area contributed by atoms with Gasteiger partial charge in [0, 0.05) is 24.7 Å². The summed E-state index contributed by atoms with van der Waals surface area (Å²) in [7, 11) is 1.45. The van der Waals surface area contributed by atoms with Crippen LogP contribution >= 0.6 is 0 Å². The molecule has 0 atom stereocenters. The normalized spacial score (nSPS) is 13.5. The molecule has 0 unspecified atom stereocenters. The molecule has 4 rings (SSSR count). The number of hydrogen-bond donors (Lipinski definition) is 3. The van der Waals surface area contributed by atoms with E-state index in [4.69, 9.17) is 0 Å². The van der Waals surface area contributed by atoms with E-state index < -0.39 is 11.5 Å². The number of para-hydroxylation sites is 1. The maximum absolute atomic E-state index is 12.8. The van der Waals surface area contributed by atoms with Crippen LogP contribution in [0.1, 0.15) is 39.1 Å². The molecular weight excluding hydrogens is 346 g/mol. The monoisotopic (exact) mass is 365 g/mol. The maximum atomic E-state index is 12.8. The van der Waals surface area contributed by atoms with Crippen molar-refractivity contribution in [1.29, 1.82) is 0 Å². The zero-order chi connectivity index (χ0) is 19.0. The topological polar surface area (TPSA) is 109 Å². The first-order valence-electron chi connectivity index (χ1n) is 8.75. The summed E-state index contributed by atoms with van der Waals surface area (Å²) < 4.78 is 1.39. The molecule has 1 aromatic carbocycles. The summed E-state index contributed by atoms with van der Waals surface area (Å²) >= 11 is 0. The summed E-state index contributed by atoms with van der Waals surface area (Å²) in [6.07, 6.45) is 5.11. The smallest absolute Gasteiger partial charge is 0.263 e. The number of pyridine rings is 1. The van der Waals surface area contributed by atoms with E-state index in [1.807, 2.05) is 18.2 Å². The first-order valence-corrected chi connectivity index (χ1v) is 8.75. The number of hydrogen-bond acceptors (Lipinski definition) is 4. The molecule has 0 spiro atoms. The predicted molar refractivity (Wildman–Crippen MR) is 99.8 cm³/mol. The van der Waals surface area contributed by atoms with Gasteiger partial charge in [-0.1, -0.05) is 18.2 Å². The van der Waals surface area contributed by atoms with E-state index >= 15 is 0 Å². The molecule has 138 valence electrons. The molecule has 8 heteroatoms. The van der Waals surface area contributed by atoms with Crippen LogP contribution in [-0.4, -0.2) is 39.7 Å². The zero-order valence-corrected chi connectivity index (χ0v) is 14.8. The van der Waals surface area contributed by atoms with Gasteiger partial charge in [-0.3, -0.25) is 19.5 Å². The number of nitrogens with one attached hydrogen (secondary N) is 3. The summed E-state index contributed by atoms with van der Waals surface area (Å²) in [5.74, 6) is -0.800. The highest BCUT2D eigenvalue weighted by Gasteiger charge is 2.25. The van der Waals surface area contributed by atoms with Crippen LogP contribution < -0.4 is 16.2 Å². The molecule has 0 radical (unpaired) electrons. The lowest BCUT2D eigenvalue weighted by Crippen LogP contribution is -2.34. The zero-order valence-electron chi connectivity index (χ0n) is 14.8. The Morgan fingerprint density at radius 1 is 1.30 bits per heavy atom. The van der Waals surface area contributed by atoms with Crippen LogP contribution in [-0.2, 0) is 6.54 Å². The number of benzene rings is 1. The number of H-pyrrole nitrogens is 1. The average molecular weight is 365 g/mol. The van der Waals surface area contributed by atoms with Gasteiger partial charge in [0.15, 0.2) is 0 Å². The Bertz CT molecular complexity index is 1090. The van der Waals surface area contributed by atoms with E-state index in [1.54, 1.807) is 6.20 Å². The second kappa shape index (κ2) is 6.71. The Balaban J connectivity index is 1.78. The first-order chi connectivity index (χ1) is 13.1. The number of carbonyl (C=O) groups excluding carboxylic acids is 2. The Labute approximate surface area is 154 Å². The SMILES string of the molecule is CNC(=O)c1cc(C(=O)NC2CC2)cn(Cc2cccc3cn[nH]c23)c1=O. The molecule has 2 heterocycles. The molecule has 2 amide bonds. The molecule has 1 saturated carbocycles. The van der Waals surface area contributed by atoms with Crippen LogP contribution in [0.25, 0.3) is 10.9 Å². The van der Waals surface area contributed by atoms with Gasteiger partial charge in [-0.2, -0.15) is 5.10 Å². The van der Waals surface area contributed by atoms with Gasteiger partial charge in [-0.05, 0) is 24.5 Å². The van der Waals surface area contributed by atoms with Crippen molar-refractivity contribution in [3.8, 4) is 0 Å². The lowest BCUT2D eigenvalue weighted by Gasteiger charge is -2.12. The average Bonchev–Trinajstić information content (AvgIpc) is 3.35. The van der Waals surface area contributed by atoms with Gasteiger partial charge in [0.1, 0.15) is 5.56 Å². The van der Waals surface area contributed by atoms with E-state index in [1.165, 1.54) is 23.9 Å². The molecule has 1 aliphatic rings. The fourth-order valence-electron chi connectivity index (χ4n) is 3.02. The second-order valence-electron chi connectivity index (χ2n) is 6.65.